The van der Waals surface area contributed by atoms with Gasteiger partial charge in [-0.25, -0.2) is 0 Å². The molecule has 1 aromatic heterocycles. The van der Waals surface area contributed by atoms with E-state index in [0.717, 1.165) is 0 Å². The van der Waals surface area contributed by atoms with Gasteiger partial charge in [-0.1, -0.05) is 0 Å². The highest BCUT2D eigenvalue weighted by atomic mass is 16.2. The molecule has 1 aromatic rings. The Hall–Kier alpha value is -1.95. The number of pyridine rings is 1. The predicted octanol–water partition coefficient (Wildman–Crippen LogP) is 0.529. The highest BCUT2D eigenvalue weighted by molar-refractivity contribution is 5.94. The number of likely N-dealkylation sites (tertiary alicyclic amines) is 1. The molecule has 1 aliphatic rings. The lowest BCUT2D eigenvalue weighted by molar-refractivity contribution is -0.126. The molecule has 21 heavy (non-hydrogen) atoms. The lowest BCUT2D eigenvalue weighted by Crippen LogP contribution is -2.43. The van der Waals surface area contributed by atoms with Crippen LogP contribution in [0.1, 0.15) is 35.8 Å². The number of nitrogens with one attached hydrogen (secondary N) is 1. The maximum atomic E-state index is 12.4. The second-order valence-electron chi connectivity index (χ2n) is 5.20. The number of nitrogens with zero attached hydrogens (tertiary/aromatic N) is 2. The molecular weight excluding hydrogens is 268 g/mol. The number of aromatic nitrogens is 1. The van der Waals surface area contributed by atoms with E-state index in [0.29, 0.717) is 50.3 Å². The Kier molecular flexibility index (Phi) is 5.27. The van der Waals surface area contributed by atoms with Crippen molar-refractivity contribution in [3.05, 3.63) is 29.6 Å². The SMILES string of the molecule is CCNC(=O)C1CCN(C(=O)c2ccnc(CN)c2)CC1. The minimum Gasteiger partial charge on any atom is -0.356 e. The number of piperidine rings is 1. The molecule has 3 N–H and O–H groups in total. The van der Waals surface area contributed by atoms with E-state index in [1.165, 1.54) is 0 Å². The van der Waals surface area contributed by atoms with Crippen molar-refractivity contribution in [2.75, 3.05) is 19.6 Å². The van der Waals surface area contributed by atoms with Crippen LogP contribution in [0, 0.1) is 5.92 Å². The quantitative estimate of drug-likeness (QED) is 0.846. The van der Waals surface area contributed by atoms with Crippen molar-refractivity contribution in [1.82, 2.24) is 15.2 Å². The third-order valence-electron chi connectivity index (χ3n) is 3.78. The maximum Gasteiger partial charge on any atom is 0.253 e. The summed E-state index contributed by atoms with van der Waals surface area (Å²) in [6.07, 6.45) is 3.04. The van der Waals surface area contributed by atoms with Crippen LogP contribution in [0.5, 0.6) is 0 Å². The average Bonchev–Trinajstić information content (AvgIpc) is 2.54. The molecule has 2 rings (SSSR count). The zero-order chi connectivity index (χ0) is 15.2. The monoisotopic (exact) mass is 290 g/mol. The first-order chi connectivity index (χ1) is 10.2. The standard InChI is InChI=1S/C15H22N4O2/c1-2-17-14(20)11-4-7-19(8-5-11)15(21)12-3-6-18-13(9-12)10-16/h3,6,9,11H,2,4-5,7-8,10,16H2,1H3,(H,17,20). The van der Waals surface area contributed by atoms with Crippen LogP contribution in [-0.2, 0) is 11.3 Å². The van der Waals surface area contributed by atoms with Crippen molar-refractivity contribution in [1.29, 1.82) is 0 Å². The van der Waals surface area contributed by atoms with Crippen molar-refractivity contribution in [2.45, 2.75) is 26.3 Å². The Bertz CT molecular complexity index is 510. The Balaban J connectivity index is 1.95. The van der Waals surface area contributed by atoms with Gasteiger partial charge in [0.15, 0.2) is 0 Å². The summed E-state index contributed by atoms with van der Waals surface area (Å²) in [4.78, 5) is 30.1. The number of hydrogen-bond acceptors (Lipinski definition) is 4. The number of carbonyl (C=O) groups is 2. The van der Waals surface area contributed by atoms with Crippen LogP contribution < -0.4 is 11.1 Å². The number of amides is 2. The van der Waals surface area contributed by atoms with E-state index in [2.05, 4.69) is 10.3 Å². The van der Waals surface area contributed by atoms with Gasteiger partial charge in [0.1, 0.15) is 0 Å². The van der Waals surface area contributed by atoms with E-state index >= 15 is 0 Å². The van der Waals surface area contributed by atoms with Crippen LogP contribution in [0.4, 0.5) is 0 Å². The molecule has 0 spiro atoms. The minimum absolute atomic E-state index is 0.0125. The topological polar surface area (TPSA) is 88.3 Å². The first-order valence-corrected chi connectivity index (χ1v) is 7.37. The lowest BCUT2D eigenvalue weighted by atomic mass is 9.95. The molecule has 1 fully saturated rings. The first kappa shape index (κ1) is 15.4. The molecule has 0 aromatic carbocycles. The highest BCUT2D eigenvalue weighted by Gasteiger charge is 2.27. The number of nitrogens with two attached hydrogens (primary N) is 1. The Morgan fingerprint density at radius 1 is 1.43 bits per heavy atom. The zero-order valence-electron chi connectivity index (χ0n) is 12.3. The normalized spacial score (nSPS) is 15.8. The van der Waals surface area contributed by atoms with Crippen LogP contribution in [0.15, 0.2) is 18.3 Å². The van der Waals surface area contributed by atoms with Gasteiger partial charge >= 0.3 is 0 Å². The van der Waals surface area contributed by atoms with Gasteiger partial charge in [0.25, 0.3) is 5.91 Å². The molecule has 0 unspecified atom stereocenters. The molecule has 2 amide bonds. The molecule has 0 atom stereocenters. The number of carbonyl (C=O) groups excluding carboxylic acids is 2. The average molecular weight is 290 g/mol. The molecule has 114 valence electrons. The van der Waals surface area contributed by atoms with Gasteiger partial charge in [0.2, 0.25) is 5.91 Å². The van der Waals surface area contributed by atoms with E-state index in [9.17, 15) is 9.59 Å². The van der Waals surface area contributed by atoms with Crippen LogP contribution in [0.25, 0.3) is 0 Å². The molecule has 2 heterocycles. The van der Waals surface area contributed by atoms with Crippen LogP contribution in [-0.4, -0.2) is 41.3 Å². The Morgan fingerprint density at radius 2 is 2.14 bits per heavy atom. The van der Waals surface area contributed by atoms with E-state index in [-0.39, 0.29) is 17.7 Å². The fraction of sp³-hybridized carbons (Fsp3) is 0.533. The molecule has 0 aliphatic carbocycles. The van der Waals surface area contributed by atoms with Crippen molar-refractivity contribution >= 4 is 11.8 Å². The van der Waals surface area contributed by atoms with Gasteiger partial charge in [0, 0.05) is 43.9 Å². The molecule has 1 aliphatic heterocycles. The maximum absolute atomic E-state index is 12.4. The molecule has 0 bridgehead atoms. The third kappa shape index (κ3) is 3.78. The smallest absolute Gasteiger partial charge is 0.253 e. The van der Waals surface area contributed by atoms with Crippen LogP contribution in [0.2, 0.25) is 0 Å². The highest BCUT2D eigenvalue weighted by Crippen LogP contribution is 2.19. The third-order valence-corrected chi connectivity index (χ3v) is 3.78. The Morgan fingerprint density at radius 3 is 2.76 bits per heavy atom. The summed E-state index contributed by atoms with van der Waals surface area (Å²) >= 11 is 0. The van der Waals surface area contributed by atoms with E-state index in [1.807, 2.05) is 6.92 Å². The fourth-order valence-corrected chi connectivity index (χ4v) is 2.57. The van der Waals surface area contributed by atoms with Gasteiger partial charge in [-0.15, -0.1) is 0 Å². The van der Waals surface area contributed by atoms with Gasteiger partial charge in [0.05, 0.1) is 5.69 Å². The molecule has 6 heteroatoms. The second kappa shape index (κ2) is 7.17. The predicted molar refractivity (Wildman–Crippen MR) is 79.4 cm³/mol. The number of hydrogen-bond donors (Lipinski definition) is 2. The van der Waals surface area contributed by atoms with Crippen LogP contribution >= 0.6 is 0 Å². The zero-order valence-corrected chi connectivity index (χ0v) is 12.3. The summed E-state index contributed by atoms with van der Waals surface area (Å²) in [5, 5.41) is 2.84. The summed E-state index contributed by atoms with van der Waals surface area (Å²) in [6.45, 7) is 4.11. The van der Waals surface area contributed by atoms with E-state index in [4.69, 9.17) is 5.73 Å². The van der Waals surface area contributed by atoms with Crippen molar-refractivity contribution in [3.8, 4) is 0 Å². The minimum atomic E-state index is -0.0125. The lowest BCUT2D eigenvalue weighted by Gasteiger charge is -2.31. The summed E-state index contributed by atoms with van der Waals surface area (Å²) in [7, 11) is 0. The summed E-state index contributed by atoms with van der Waals surface area (Å²) in [5.41, 5.74) is 6.86. The Labute approximate surface area is 124 Å². The summed E-state index contributed by atoms with van der Waals surface area (Å²) in [6, 6.07) is 3.44. The van der Waals surface area contributed by atoms with Crippen molar-refractivity contribution in [3.63, 3.8) is 0 Å². The van der Waals surface area contributed by atoms with Crippen molar-refractivity contribution < 1.29 is 9.59 Å². The van der Waals surface area contributed by atoms with E-state index in [1.54, 1.807) is 23.2 Å². The first-order valence-electron chi connectivity index (χ1n) is 7.37. The second-order valence-corrected chi connectivity index (χ2v) is 5.20. The van der Waals surface area contributed by atoms with Gasteiger partial charge < -0.3 is 16.0 Å². The summed E-state index contributed by atoms with van der Waals surface area (Å²) < 4.78 is 0. The number of rotatable bonds is 4. The molecule has 0 radical (unpaired) electrons. The van der Waals surface area contributed by atoms with Gasteiger partial charge in [-0.05, 0) is 31.9 Å². The molecule has 0 saturated carbocycles. The molecule has 6 nitrogen and oxygen atoms in total. The van der Waals surface area contributed by atoms with Gasteiger partial charge in [-0.2, -0.15) is 0 Å². The van der Waals surface area contributed by atoms with E-state index < -0.39 is 0 Å². The fourth-order valence-electron chi connectivity index (χ4n) is 2.57. The van der Waals surface area contributed by atoms with Crippen LogP contribution in [0.3, 0.4) is 0 Å². The molecule has 1 saturated heterocycles. The largest absolute Gasteiger partial charge is 0.356 e. The van der Waals surface area contributed by atoms with Crippen molar-refractivity contribution in [2.24, 2.45) is 11.7 Å². The van der Waals surface area contributed by atoms with Gasteiger partial charge in [-0.3, -0.25) is 14.6 Å². The molecular formula is C15H22N4O2. The summed E-state index contributed by atoms with van der Waals surface area (Å²) in [5.74, 6) is 0.103.